The third-order valence-electron chi connectivity index (χ3n) is 2.51. The van der Waals surface area contributed by atoms with E-state index in [1.54, 1.807) is 12.3 Å². The van der Waals surface area contributed by atoms with Crippen LogP contribution in [0.4, 0.5) is 11.4 Å². The van der Waals surface area contributed by atoms with Crippen molar-refractivity contribution >= 4 is 34.0 Å². The minimum absolute atomic E-state index is 0.00923. The van der Waals surface area contributed by atoms with E-state index < -0.39 is 4.92 Å². The van der Waals surface area contributed by atoms with Gasteiger partial charge in [-0.3, -0.25) is 10.1 Å². The van der Waals surface area contributed by atoms with E-state index in [0.717, 1.165) is 15.0 Å². The Hall–Kier alpha value is -1.57. The van der Waals surface area contributed by atoms with Gasteiger partial charge in [0.2, 0.25) is 0 Å². The van der Waals surface area contributed by atoms with Gasteiger partial charge >= 0.3 is 0 Å². The highest BCUT2D eigenvalue weighted by molar-refractivity contribution is 14.1. The van der Waals surface area contributed by atoms with Gasteiger partial charge in [-0.15, -0.1) is 0 Å². The average Bonchev–Trinajstić information content (AvgIpc) is 2.85. The smallest absolute Gasteiger partial charge is 0.270 e. The number of anilines is 1. The fourth-order valence-corrected chi connectivity index (χ4v) is 2.23. The Balaban J connectivity index is 2.17. The molecule has 1 unspecified atom stereocenters. The molecule has 5 nitrogen and oxygen atoms in total. The molecule has 0 aliphatic carbocycles. The fourth-order valence-electron chi connectivity index (χ4n) is 1.58. The fraction of sp³-hybridized carbons (Fsp3) is 0.167. The number of non-ortho nitro benzene ring substituents is 1. The van der Waals surface area contributed by atoms with Gasteiger partial charge in [-0.05, 0) is 47.7 Å². The summed E-state index contributed by atoms with van der Waals surface area (Å²) in [4.78, 5) is 10.2. The van der Waals surface area contributed by atoms with Crippen molar-refractivity contribution in [2.75, 3.05) is 5.32 Å². The minimum Gasteiger partial charge on any atom is -0.467 e. The lowest BCUT2D eigenvalue weighted by molar-refractivity contribution is -0.384. The molecule has 0 fully saturated rings. The molecule has 18 heavy (non-hydrogen) atoms. The number of halogens is 1. The number of nitrogens with zero attached hydrogens (tertiary/aromatic N) is 1. The van der Waals surface area contributed by atoms with Gasteiger partial charge < -0.3 is 9.73 Å². The van der Waals surface area contributed by atoms with E-state index >= 15 is 0 Å². The van der Waals surface area contributed by atoms with E-state index in [9.17, 15) is 10.1 Å². The van der Waals surface area contributed by atoms with Crippen molar-refractivity contribution in [3.05, 3.63) is 56.0 Å². The highest BCUT2D eigenvalue weighted by atomic mass is 127. The van der Waals surface area contributed by atoms with Crippen LogP contribution in [0.15, 0.2) is 41.0 Å². The number of hydrogen-bond acceptors (Lipinski definition) is 4. The molecule has 0 saturated carbocycles. The van der Waals surface area contributed by atoms with Crippen LogP contribution >= 0.6 is 22.6 Å². The molecular weight excluding hydrogens is 347 g/mol. The summed E-state index contributed by atoms with van der Waals surface area (Å²) in [6.45, 7) is 1.97. The summed E-state index contributed by atoms with van der Waals surface area (Å²) in [6, 6.07) is 8.45. The number of nitro groups is 1. The summed E-state index contributed by atoms with van der Waals surface area (Å²) in [5.74, 6) is 0.823. The van der Waals surface area contributed by atoms with Crippen molar-refractivity contribution in [2.45, 2.75) is 13.0 Å². The molecule has 0 bridgehead atoms. The van der Waals surface area contributed by atoms with E-state index in [-0.39, 0.29) is 11.7 Å². The summed E-state index contributed by atoms with van der Waals surface area (Å²) in [5, 5.41) is 13.9. The van der Waals surface area contributed by atoms with Crippen LogP contribution in [0.3, 0.4) is 0 Å². The summed E-state index contributed by atoms with van der Waals surface area (Å²) in [6.07, 6.45) is 1.62. The Labute approximate surface area is 117 Å². The van der Waals surface area contributed by atoms with Crippen LogP contribution < -0.4 is 5.32 Å². The lowest BCUT2D eigenvalue weighted by Gasteiger charge is -2.14. The maximum atomic E-state index is 10.6. The zero-order valence-corrected chi connectivity index (χ0v) is 11.7. The van der Waals surface area contributed by atoms with Crippen LogP contribution in [0.25, 0.3) is 0 Å². The molecular formula is C12H11IN2O3. The van der Waals surface area contributed by atoms with Crippen molar-refractivity contribution in [2.24, 2.45) is 0 Å². The second kappa shape index (κ2) is 5.38. The number of benzene rings is 1. The van der Waals surface area contributed by atoms with Crippen LogP contribution in [0, 0.1) is 13.7 Å². The first kappa shape index (κ1) is 12.9. The van der Waals surface area contributed by atoms with Crippen molar-refractivity contribution in [3.8, 4) is 0 Å². The lowest BCUT2D eigenvalue weighted by atomic mass is 10.2. The molecule has 1 N–H and O–H groups in total. The topological polar surface area (TPSA) is 68.3 Å². The van der Waals surface area contributed by atoms with Gasteiger partial charge in [0.25, 0.3) is 5.69 Å². The summed E-state index contributed by atoms with van der Waals surface area (Å²) < 4.78 is 6.10. The second-order valence-electron chi connectivity index (χ2n) is 3.80. The number of nitrogens with one attached hydrogen (secondary N) is 1. The third-order valence-corrected chi connectivity index (χ3v) is 3.40. The highest BCUT2D eigenvalue weighted by Gasteiger charge is 2.12. The monoisotopic (exact) mass is 358 g/mol. The predicted octanol–water partition coefficient (Wildman–Crippen LogP) is 3.97. The lowest BCUT2D eigenvalue weighted by Crippen LogP contribution is -2.06. The van der Waals surface area contributed by atoms with Crippen LogP contribution in [0.5, 0.6) is 0 Å². The third kappa shape index (κ3) is 2.81. The maximum Gasteiger partial charge on any atom is 0.270 e. The van der Waals surface area contributed by atoms with Gasteiger partial charge in [0.1, 0.15) is 5.76 Å². The molecule has 1 heterocycles. The molecule has 1 aromatic carbocycles. The quantitative estimate of drug-likeness (QED) is 0.510. The van der Waals surface area contributed by atoms with E-state index in [0.29, 0.717) is 0 Å². The molecule has 2 aromatic rings. The van der Waals surface area contributed by atoms with Crippen LogP contribution in [0.2, 0.25) is 0 Å². The first-order valence-corrected chi connectivity index (χ1v) is 6.39. The highest BCUT2D eigenvalue weighted by Crippen LogP contribution is 2.27. The van der Waals surface area contributed by atoms with Crippen molar-refractivity contribution in [1.29, 1.82) is 0 Å². The standard InChI is InChI=1S/C12H11IN2O3/c1-8(12-3-2-6-18-12)14-11-5-4-9(15(16)17)7-10(11)13/h2-8,14H,1H3. The van der Waals surface area contributed by atoms with Gasteiger partial charge in [-0.2, -0.15) is 0 Å². The van der Waals surface area contributed by atoms with Crippen molar-refractivity contribution in [1.82, 2.24) is 0 Å². The Morgan fingerprint density at radius 2 is 2.22 bits per heavy atom. The van der Waals surface area contributed by atoms with E-state index in [1.165, 1.54) is 12.1 Å². The number of hydrogen-bond donors (Lipinski definition) is 1. The zero-order chi connectivity index (χ0) is 13.1. The van der Waals surface area contributed by atoms with Crippen molar-refractivity contribution in [3.63, 3.8) is 0 Å². The molecule has 0 spiro atoms. The SMILES string of the molecule is CC(Nc1ccc([N+](=O)[O-])cc1I)c1ccco1. The minimum atomic E-state index is -0.401. The molecule has 1 atom stereocenters. The van der Waals surface area contributed by atoms with Gasteiger partial charge in [0.05, 0.1) is 17.2 Å². The average molecular weight is 358 g/mol. The molecule has 6 heteroatoms. The predicted molar refractivity (Wildman–Crippen MR) is 76.6 cm³/mol. The maximum absolute atomic E-state index is 10.6. The van der Waals surface area contributed by atoms with Crippen LogP contribution in [0.1, 0.15) is 18.7 Å². The number of furan rings is 1. The summed E-state index contributed by atoms with van der Waals surface area (Å²) >= 11 is 2.07. The molecule has 94 valence electrons. The molecule has 2 rings (SSSR count). The Kier molecular flexibility index (Phi) is 3.85. The number of nitro benzene ring substituents is 1. The molecule has 0 aliphatic heterocycles. The second-order valence-corrected chi connectivity index (χ2v) is 4.96. The van der Waals surface area contributed by atoms with E-state index in [1.807, 2.05) is 19.1 Å². The first-order valence-electron chi connectivity index (χ1n) is 5.32. The number of rotatable bonds is 4. The van der Waals surface area contributed by atoms with E-state index in [4.69, 9.17) is 4.42 Å². The molecule has 0 saturated heterocycles. The van der Waals surface area contributed by atoms with Gasteiger partial charge in [-0.1, -0.05) is 0 Å². The molecule has 0 aliphatic rings. The normalized spacial score (nSPS) is 12.1. The van der Waals surface area contributed by atoms with E-state index in [2.05, 4.69) is 27.9 Å². The van der Waals surface area contributed by atoms with Gasteiger partial charge in [-0.25, -0.2) is 0 Å². The largest absolute Gasteiger partial charge is 0.467 e. The van der Waals surface area contributed by atoms with Crippen LogP contribution in [-0.2, 0) is 0 Å². The van der Waals surface area contributed by atoms with Crippen LogP contribution in [-0.4, -0.2) is 4.92 Å². The Morgan fingerprint density at radius 1 is 1.44 bits per heavy atom. The van der Waals surface area contributed by atoms with Gasteiger partial charge in [0.15, 0.2) is 0 Å². The molecule has 0 amide bonds. The molecule has 0 radical (unpaired) electrons. The van der Waals surface area contributed by atoms with Gasteiger partial charge in [0, 0.05) is 21.4 Å². The summed E-state index contributed by atoms with van der Waals surface area (Å²) in [5.41, 5.74) is 0.945. The zero-order valence-electron chi connectivity index (χ0n) is 9.59. The first-order chi connectivity index (χ1) is 8.58. The van der Waals surface area contributed by atoms with Crippen molar-refractivity contribution < 1.29 is 9.34 Å². The molecule has 1 aromatic heterocycles. The Bertz CT molecular complexity index is 554. The Morgan fingerprint density at radius 3 is 2.78 bits per heavy atom. The summed E-state index contributed by atoms with van der Waals surface area (Å²) in [7, 11) is 0.